The summed E-state index contributed by atoms with van der Waals surface area (Å²) in [5.74, 6) is -0.427. The van der Waals surface area contributed by atoms with Crippen LogP contribution in [0, 0.1) is 11.6 Å². The summed E-state index contributed by atoms with van der Waals surface area (Å²) in [7, 11) is 0. The third-order valence-corrected chi connectivity index (χ3v) is 7.15. The average Bonchev–Trinajstić information content (AvgIpc) is 3.33. The lowest BCUT2D eigenvalue weighted by Gasteiger charge is -2.34. The van der Waals surface area contributed by atoms with Crippen LogP contribution in [0.3, 0.4) is 0 Å². The van der Waals surface area contributed by atoms with E-state index in [1.807, 2.05) is 13.8 Å². The Morgan fingerprint density at radius 2 is 1.86 bits per heavy atom. The first-order valence-electron chi connectivity index (χ1n) is 12.8. The van der Waals surface area contributed by atoms with E-state index >= 15 is 0 Å². The molecule has 0 bridgehead atoms. The van der Waals surface area contributed by atoms with Gasteiger partial charge < -0.3 is 24.8 Å². The molecule has 0 aliphatic carbocycles. The van der Waals surface area contributed by atoms with Crippen molar-refractivity contribution in [1.29, 1.82) is 0 Å². The van der Waals surface area contributed by atoms with Crippen molar-refractivity contribution in [2.45, 2.75) is 26.3 Å². The van der Waals surface area contributed by atoms with Crippen LogP contribution in [0.5, 0.6) is 5.75 Å². The van der Waals surface area contributed by atoms with E-state index in [1.165, 1.54) is 23.3 Å². The summed E-state index contributed by atoms with van der Waals surface area (Å²) in [6.07, 6.45) is 3.66. The third kappa shape index (κ3) is 4.48. The lowest BCUT2D eigenvalue weighted by molar-refractivity contribution is 0.287. The number of H-pyrrole nitrogens is 1. The lowest BCUT2D eigenvalue weighted by Crippen LogP contribution is -2.43. The van der Waals surface area contributed by atoms with Gasteiger partial charge in [0.15, 0.2) is 17.4 Å². The Hall–Kier alpha value is -3.72. The van der Waals surface area contributed by atoms with Gasteiger partial charge in [0.2, 0.25) is 0 Å². The standard InChI is InChI=1S/C28H30F2N6O/c1-17(2)36-9-10-37-28-21(29)13-19(14-24(28)36)27-22(30)15-33-26(34-27)12-18-3-4-20-23(11-18)32-16-25(20)35-7-5-31-6-8-35/h3-4,11,13-17,31-32H,5-10,12H2,1-2H3. The van der Waals surface area contributed by atoms with E-state index in [9.17, 15) is 8.78 Å². The number of anilines is 2. The van der Waals surface area contributed by atoms with E-state index in [0.29, 0.717) is 36.6 Å². The number of piperazine rings is 1. The maximum absolute atomic E-state index is 15.0. The summed E-state index contributed by atoms with van der Waals surface area (Å²) in [6.45, 7) is 9.04. The van der Waals surface area contributed by atoms with Gasteiger partial charge in [0.1, 0.15) is 18.1 Å². The molecule has 37 heavy (non-hydrogen) atoms. The van der Waals surface area contributed by atoms with E-state index in [0.717, 1.165) is 37.3 Å². The van der Waals surface area contributed by atoms with Gasteiger partial charge in [0, 0.05) is 61.3 Å². The molecule has 9 heteroatoms. The zero-order chi connectivity index (χ0) is 25.5. The lowest BCUT2D eigenvalue weighted by atomic mass is 10.1. The minimum absolute atomic E-state index is 0.0860. The number of ether oxygens (including phenoxy) is 1. The first-order chi connectivity index (χ1) is 18.0. The Morgan fingerprint density at radius 1 is 1.03 bits per heavy atom. The number of nitrogens with one attached hydrogen (secondary N) is 2. The van der Waals surface area contributed by atoms with Crippen molar-refractivity contribution in [3.05, 3.63) is 65.7 Å². The van der Waals surface area contributed by atoms with Crippen LogP contribution in [0.15, 0.2) is 42.7 Å². The smallest absolute Gasteiger partial charge is 0.178 e. The molecule has 2 aromatic carbocycles. The first-order valence-corrected chi connectivity index (χ1v) is 12.8. The highest BCUT2D eigenvalue weighted by molar-refractivity contribution is 5.93. The molecular formula is C28H30F2N6O. The molecule has 6 rings (SSSR count). The van der Waals surface area contributed by atoms with Gasteiger partial charge in [-0.25, -0.2) is 18.7 Å². The Balaban J connectivity index is 1.30. The van der Waals surface area contributed by atoms with Crippen LogP contribution in [-0.2, 0) is 6.42 Å². The van der Waals surface area contributed by atoms with Crippen molar-refractivity contribution in [3.63, 3.8) is 0 Å². The summed E-state index contributed by atoms with van der Waals surface area (Å²) < 4.78 is 35.5. The number of aromatic amines is 1. The molecule has 0 unspecified atom stereocenters. The molecule has 2 aliphatic rings. The van der Waals surface area contributed by atoms with Crippen molar-refractivity contribution in [3.8, 4) is 17.0 Å². The number of nitrogens with zero attached hydrogens (tertiary/aromatic N) is 4. The Bertz CT molecular complexity index is 1450. The maximum Gasteiger partial charge on any atom is 0.178 e. The number of rotatable bonds is 5. The largest absolute Gasteiger partial charge is 0.486 e. The molecule has 0 radical (unpaired) electrons. The quantitative estimate of drug-likeness (QED) is 0.417. The van der Waals surface area contributed by atoms with Gasteiger partial charge in [-0.15, -0.1) is 0 Å². The van der Waals surface area contributed by atoms with E-state index in [4.69, 9.17) is 4.74 Å². The second-order valence-corrected chi connectivity index (χ2v) is 9.89. The van der Waals surface area contributed by atoms with Gasteiger partial charge in [0.25, 0.3) is 0 Å². The van der Waals surface area contributed by atoms with Crippen LogP contribution in [0.2, 0.25) is 0 Å². The van der Waals surface area contributed by atoms with Crippen LogP contribution >= 0.6 is 0 Å². The molecule has 4 heterocycles. The maximum atomic E-state index is 15.0. The first kappa shape index (κ1) is 23.7. The minimum Gasteiger partial charge on any atom is -0.486 e. The van der Waals surface area contributed by atoms with Gasteiger partial charge in [-0.05, 0) is 37.6 Å². The Labute approximate surface area is 214 Å². The van der Waals surface area contributed by atoms with Gasteiger partial charge in [-0.2, -0.15) is 0 Å². The molecular weight excluding hydrogens is 474 g/mol. The molecule has 2 aromatic heterocycles. The molecule has 1 fully saturated rings. The highest BCUT2D eigenvalue weighted by atomic mass is 19.1. The molecule has 0 saturated carbocycles. The van der Waals surface area contributed by atoms with Crippen molar-refractivity contribution >= 4 is 22.3 Å². The number of hydrogen-bond acceptors (Lipinski definition) is 6. The second-order valence-electron chi connectivity index (χ2n) is 9.89. The van der Waals surface area contributed by atoms with Crippen LogP contribution < -0.4 is 19.9 Å². The highest BCUT2D eigenvalue weighted by Gasteiger charge is 2.26. The van der Waals surface area contributed by atoms with Crippen molar-refractivity contribution in [2.24, 2.45) is 0 Å². The summed E-state index contributed by atoms with van der Waals surface area (Å²) in [5, 5.41) is 4.56. The van der Waals surface area contributed by atoms with E-state index in [2.05, 4.69) is 54.5 Å². The molecule has 4 aromatic rings. The fraction of sp³-hybridized carbons (Fsp3) is 0.357. The van der Waals surface area contributed by atoms with Crippen LogP contribution in [0.1, 0.15) is 25.2 Å². The van der Waals surface area contributed by atoms with Crippen molar-refractivity contribution in [2.75, 3.05) is 49.1 Å². The Morgan fingerprint density at radius 3 is 2.68 bits per heavy atom. The molecule has 1 saturated heterocycles. The number of aromatic nitrogens is 3. The molecule has 2 N–H and O–H groups in total. The number of hydrogen-bond donors (Lipinski definition) is 2. The fourth-order valence-electron chi connectivity index (χ4n) is 5.28. The summed E-state index contributed by atoms with van der Waals surface area (Å²) in [6, 6.07) is 9.46. The van der Waals surface area contributed by atoms with E-state index < -0.39 is 11.6 Å². The SMILES string of the molecule is CC(C)N1CCOc2c(F)cc(-c3nc(Cc4ccc5c(N6CCNCC6)c[nH]c5c4)ncc3F)cc21. The molecule has 192 valence electrons. The summed E-state index contributed by atoms with van der Waals surface area (Å²) >= 11 is 0. The van der Waals surface area contributed by atoms with Crippen molar-refractivity contribution < 1.29 is 13.5 Å². The molecule has 7 nitrogen and oxygen atoms in total. The number of halogens is 2. The number of fused-ring (bicyclic) bond motifs is 2. The van der Waals surface area contributed by atoms with Crippen LogP contribution in [0.4, 0.5) is 20.2 Å². The predicted molar refractivity (Wildman–Crippen MR) is 142 cm³/mol. The molecule has 0 amide bonds. The number of benzene rings is 2. The zero-order valence-electron chi connectivity index (χ0n) is 21.0. The average molecular weight is 505 g/mol. The van der Waals surface area contributed by atoms with Gasteiger partial charge in [-0.3, -0.25) is 0 Å². The molecule has 0 spiro atoms. The van der Waals surface area contributed by atoms with Crippen molar-refractivity contribution in [1.82, 2.24) is 20.3 Å². The van der Waals surface area contributed by atoms with Crippen LogP contribution in [-0.4, -0.2) is 60.3 Å². The predicted octanol–water partition coefficient (Wildman–Crippen LogP) is 4.51. The minimum atomic E-state index is -0.587. The van der Waals surface area contributed by atoms with Gasteiger partial charge in [0.05, 0.1) is 24.1 Å². The van der Waals surface area contributed by atoms with Crippen LogP contribution in [0.25, 0.3) is 22.2 Å². The third-order valence-electron chi connectivity index (χ3n) is 7.15. The van der Waals surface area contributed by atoms with Gasteiger partial charge in [-0.1, -0.05) is 12.1 Å². The Kier molecular flexibility index (Phi) is 6.16. The fourth-order valence-corrected chi connectivity index (χ4v) is 5.28. The highest BCUT2D eigenvalue weighted by Crippen LogP contribution is 2.39. The molecule has 2 aliphatic heterocycles. The second kappa shape index (κ2) is 9.63. The normalized spacial score (nSPS) is 15.8. The van der Waals surface area contributed by atoms with Gasteiger partial charge >= 0.3 is 0 Å². The van der Waals surface area contributed by atoms with E-state index in [1.54, 1.807) is 6.07 Å². The topological polar surface area (TPSA) is 69.3 Å². The monoisotopic (exact) mass is 504 g/mol. The summed E-state index contributed by atoms with van der Waals surface area (Å²) in [4.78, 5) is 16.6. The van der Waals surface area contributed by atoms with E-state index in [-0.39, 0.29) is 17.5 Å². The zero-order valence-corrected chi connectivity index (χ0v) is 21.0. The molecule has 0 atom stereocenters. The summed E-state index contributed by atoms with van der Waals surface area (Å²) in [5.41, 5.74) is 4.33.